The molecule has 20 heavy (non-hydrogen) atoms. The normalized spacial score (nSPS) is 25.9. The fraction of sp³-hybridized carbons (Fsp3) is 0.588. The van der Waals surface area contributed by atoms with E-state index in [1.54, 1.807) is 0 Å². The largest absolute Gasteiger partial charge is 0.382 e. The second-order valence-electron chi connectivity index (χ2n) is 6.51. The van der Waals surface area contributed by atoms with E-state index in [4.69, 9.17) is 0 Å². The minimum atomic E-state index is 0.254. The maximum Gasteiger partial charge on any atom is 0.227 e. The molecule has 3 heteroatoms. The topological polar surface area (TPSA) is 32.3 Å². The van der Waals surface area contributed by atoms with Gasteiger partial charge in [0.15, 0.2) is 0 Å². The summed E-state index contributed by atoms with van der Waals surface area (Å²) in [5.74, 6) is 1.94. The minimum Gasteiger partial charge on any atom is -0.382 e. The van der Waals surface area contributed by atoms with Gasteiger partial charge in [-0.15, -0.1) is 0 Å². The van der Waals surface area contributed by atoms with Gasteiger partial charge in [0, 0.05) is 30.4 Å². The van der Waals surface area contributed by atoms with Crippen molar-refractivity contribution in [2.45, 2.75) is 45.6 Å². The van der Waals surface area contributed by atoms with E-state index in [0.717, 1.165) is 30.5 Å². The van der Waals surface area contributed by atoms with E-state index in [1.165, 1.54) is 18.5 Å². The summed E-state index contributed by atoms with van der Waals surface area (Å²) in [4.78, 5) is 13.6. The molecule has 108 valence electrons. The van der Waals surface area contributed by atoms with Gasteiger partial charge in [-0.25, -0.2) is 0 Å². The predicted molar refractivity (Wildman–Crippen MR) is 83.0 cm³/mol. The van der Waals surface area contributed by atoms with E-state index in [1.807, 2.05) is 4.90 Å². The first-order chi connectivity index (χ1) is 9.63. The molecule has 0 aromatic heterocycles. The minimum absolute atomic E-state index is 0.254. The Kier molecular flexibility index (Phi) is 3.68. The van der Waals surface area contributed by atoms with E-state index >= 15 is 0 Å². The lowest BCUT2D eigenvalue weighted by atomic mass is 9.73. The number of nitrogens with one attached hydrogen (secondary N) is 1. The van der Waals surface area contributed by atoms with Gasteiger partial charge in [0.25, 0.3) is 0 Å². The maximum absolute atomic E-state index is 11.7. The number of hydrogen-bond acceptors (Lipinski definition) is 2. The van der Waals surface area contributed by atoms with Crippen LogP contribution in [0.4, 0.5) is 11.4 Å². The van der Waals surface area contributed by atoms with Crippen LogP contribution in [0.15, 0.2) is 24.3 Å². The monoisotopic (exact) mass is 272 g/mol. The molecular weight excluding hydrogens is 248 g/mol. The Morgan fingerprint density at radius 3 is 2.45 bits per heavy atom. The summed E-state index contributed by atoms with van der Waals surface area (Å²) in [5.41, 5.74) is 2.21. The quantitative estimate of drug-likeness (QED) is 0.907. The number of hydrogen-bond donors (Lipinski definition) is 1. The molecule has 0 unspecified atom stereocenters. The van der Waals surface area contributed by atoms with Gasteiger partial charge < -0.3 is 10.2 Å². The second kappa shape index (κ2) is 5.47. The van der Waals surface area contributed by atoms with Gasteiger partial charge >= 0.3 is 0 Å². The number of nitrogens with zero attached hydrogens (tertiary/aromatic N) is 1. The maximum atomic E-state index is 11.7. The highest BCUT2D eigenvalue weighted by molar-refractivity contribution is 5.95. The number of amides is 1. The lowest BCUT2D eigenvalue weighted by Crippen LogP contribution is -2.37. The Bertz CT molecular complexity index is 474. The van der Waals surface area contributed by atoms with E-state index < -0.39 is 0 Å². The zero-order valence-corrected chi connectivity index (χ0v) is 12.4. The third-order valence-corrected chi connectivity index (χ3v) is 4.74. The molecule has 2 fully saturated rings. The second-order valence-corrected chi connectivity index (χ2v) is 6.51. The summed E-state index contributed by atoms with van der Waals surface area (Å²) < 4.78 is 0. The summed E-state index contributed by atoms with van der Waals surface area (Å²) in [6.07, 6.45) is 4.24. The van der Waals surface area contributed by atoms with Crippen molar-refractivity contribution in [2.24, 2.45) is 11.8 Å². The molecule has 0 atom stereocenters. The van der Waals surface area contributed by atoms with Crippen LogP contribution in [0, 0.1) is 11.8 Å². The van der Waals surface area contributed by atoms with Crippen molar-refractivity contribution in [3.8, 4) is 0 Å². The van der Waals surface area contributed by atoms with Crippen LogP contribution in [0.2, 0.25) is 0 Å². The molecule has 1 heterocycles. The number of anilines is 2. The Morgan fingerprint density at radius 2 is 1.90 bits per heavy atom. The summed E-state index contributed by atoms with van der Waals surface area (Å²) in [6.45, 7) is 5.48. The average molecular weight is 272 g/mol. The Hall–Kier alpha value is -1.51. The van der Waals surface area contributed by atoms with Gasteiger partial charge in [0.05, 0.1) is 0 Å². The Labute approximate surface area is 121 Å². The molecule has 1 N–H and O–H groups in total. The third-order valence-electron chi connectivity index (χ3n) is 4.74. The van der Waals surface area contributed by atoms with Crippen molar-refractivity contribution >= 4 is 17.3 Å². The third kappa shape index (κ3) is 2.67. The van der Waals surface area contributed by atoms with Crippen LogP contribution >= 0.6 is 0 Å². The molecule has 1 saturated heterocycles. The summed E-state index contributed by atoms with van der Waals surface area (Å²) in [7, 11) is 0. The van der Waals surface area contributed by atoms with E-state index in [-0.39, 0.29) is 5.91 Å². The predicted octanol–water partition coefficient (Wildman–Crippen LogP) is 3.66. The molecule has 1 aromatic carbocycles. The van der Waals surface area contributed by atoms with Crippen molar-refractivity contribution in [3.63, 3.8) is 0 Å². The molecule has 0 spiro atoms. The van der Waals surface area contributed by atoms with Gasteiger partial charge in [-0.05, 0) is 55.4 Å². The molecule has 1 saturated carbocycles. The molecule has 2 aliphatic rings. The smallest absolute Gasteiger partial charge is 0.227 e. The number of carbonyl (C=O) groups excluding carboxylic acids is 1. The highest BCUT2D eigenvalue weighted by Crippen LogP contribution is 2.35. The van der Waals surface area contributed by atoms with E-state index in [0.29, 0.717) is 12.5 Å². The van der Waals surface area contributed by atoms with Crippen molar-refractivity contribution in [3.05, 3.63) is 24.3 Å². The number of rotatable bonds is 4. The zero-order valence-electron chi connectivity index (χ0n) is 12.4. The van der Waals surface area contributed by atoms with Crippen molar-refractivity contribution in [1.82, 2.24) is 0 Å². The average Bonchev–Trinajstić information content (AvgIpc) is 2.80. The SMILES string of the molecule is CC(C)C1CC(Nc2ccc(N3CCCC3=O)cc2)C1. The highest BCUT2D eigenvalue weighted by atomic mass is 16.2. The summed E-state index contributed by atoms with van der Waals surface area (Å²) >= 11 is 0. The summed E-state index contributed by atoms with van der Waals surface area (Å²) in [6, 6.07) is 8.95. The first-order valence-corrected chi connectivity index (χ1v) is 7.80. The number of carbonyl (C=O) groups is 1. The van der Waals surface area contributed by atoms with Crippen LogP contribution in [0.3, 0.4) is 0 Å². The van der Waals surface area contributed by atoms with Crippen LogP contribution in [0.25, 0.3) is 0 Å². The molecule has 3 rings (SSSR count). The molecule has 1 amide bonds. The van der Waals surface area contributed by atoms with Gasteiger partial charge in [-0.2, -0.15) is 0 Å². The van der Waals surface area contributed by atoms with Crippen LogP contribution in [0.5, 0.6) is 0 Å². The first-order valence-electron chi connectivity index (χ1n) is 7.80. The zero-order chi connectivity index (χ0) is 14.1. The fourth-order valence-electron chi connectivity index (χ4n) is 3.22. The standard InChI is InChI=1S/C17H24N2O/c1-12(2)13-10-15(11-13)18-14-5-7-16(8-6-14)19-9-3-4-17(19)20/h5-8,12-13,15,18H,3-4,9-11H2,1-2H3. The molecule has 1 aromatic rings. The highest BCUT2D eigenvalue weighted by Gasteiger charge is 2.30. The van der Waals surface area contributed by atoms with E-state index in [2.05, 4.69) is 43.4 Å². The van der Waals surface area contributed by atoms with Crippen LogP contribution < -0.4 is 10.2 Å². The van der Waals surface area contributed by atoms with Crippen molar-refractivity contribution in [1.29, 1.82) is 0 Å². The van der Waals surface area contributed by atoms with Crippen LogP contribution in [-0.2, 0) is 4.79 Å². The lowest BCUT2D eigenvalue weighted by Gasteiger charge is -2.39. The molecule has 0 radical (unpaired) electrons. The summed E-state index contributed by atoms with van der Waals surface area (Å²) in [5, 5.41) is 3.59. The van der Waals surface area contributed by atoms with Gasteiger partial charge in [0.2, 0.25) is 5.91 Å². The molecule has 1 aliphatic heterocycles. The Morgan fingerprint density at radius 1 is 1.20 bits per heavy atom. The number of benzene rings is 1. The van der Waals surface area contributed by atoms with E-state index in [9.17, 15) is 4.79 Å². The molecule has 1 aliphatic carbocycles. The van der Waals surface area contributed by atoms with Gasteiger partial charge in [0.1, 0.15) is 0 Å². The van der Waals surface area contributed by atoms with Crippen LogP contribution in [-0.4, -0.2) is 18.5 Å². The van der Waals surface area contributed by atoms with Crippen molar-refractivity contribution < 1.29 is 4.79 Å². The van der Waals surface area contributed by atoms with Gasteiger partial charge in [-0.3, -0.25) is 4.79 Å². The fourth-order valence-corrected chi connectivity index (χ4v) is 3.22. The van der Waals surface area contributed by atoms with Crippen molar-refractivity contribution in [2.75, 3.05) is 16.8 Å². The van der Waals surface area contributed by atoms with Gasteiger partial charge in [-0.1, -0.05) is 13.8 Å². The first kappa shape index (κ1) is 13.5. The van der Waals surface area contributed by atoms with Crippen LogP contribution in [0.1, 0.15) is 39.5 Å². The molecule has 3 nitrogen and oxygen atoms in total. The molecule has 0 bridgehead atoms. The Balaban J connectivity index is 1.56. The lowest BCUT2D eigenvalue weighted by molar-refractivity contribution is -0.117. The molecular formula is C17H24N2O.